The zero-order valence-corrected chi connectivity index (χ0v) is 6.41. The molecule has 70 valence electrons. The zero-order chi connectivity index (χ0) is 10.3. The Kier molecular flexibility index (Phi) is 4.55. The summed E-state index contributed by atoms with van der Waals surface area (Å²) in [5, 5.41) is 16.3. The zero-order valence-electron chi connectivity index (χ0n) is 6.41. The molecule has 0 saturated heterocycles. The summed E-state index contributed by atoms with van der Waals surface area (Å²) in [6, 6.07) is 2.70. The predicted octanol–water partition coefficient (Wildman–Crippen LogP) is 0.504. The van der Waals surface area contributed by atoms with Crippen molar-refractivity contribution in [2.45, 2.75) is 0 Å². The summed E-state index contributed by atoms with van der Waals surface area (Å²) in [6.45, 7) is 0. The summed E-state index contributed by atoms with van der Waals surface area (Å²) in [4.78, 5) is 22.0. The molecule has 1 rings (SSSR count). The van der Waals surface area contributed by atoms with Crippen LogP contribution in [0.5, 0.6) is 0 Å². The number of hydrogen-bond donors (Lipinski definition) is 3. The van der Waals surface area contributed by atoms with Crippen LogP contribution in [0.4, 0.5) is 5.82 Å². The molecule has 0 spiro atoms. The number of nitrogens with zero attached hydrogens (tertiary/aromatic N) is 2. The molecule has 0 atom stereocenters. The maximum absolute atomic E-state index is 10.3. The van der Waals surface area contributed by atoms with Gasteiger partial charge in [-0.2, -0.15) is 0 Å². The Morgan fingerprint density at radius 1 is 1.62 bits per heavy atom. The molecule has 1 aromatic rings. The summed E-state index contributed by atoms with van der Waals surface area (Å²) in [5.41, 5.74) is 5.38. The Morgan fingerprint density at radius 3 is 2.46 bits per heavy atom. The summed E-state index contributed by atoms with van der Waals surface area (Å²) in [6.07, 6.45) is 1.36. The lowest BCUT2D eigenvalue weighted by molar-refractivity contribution is 0.0697. The number of aromatic nitrogens is 1. The van der Waals surface area contributed by atoms with E-state index in [1.165, 1.54) is 23.7 Å². The van der Waals surface area contributed by atoms with E-state index in [4.69, 9.17) is 21.0 Å². The van der Waals surface area contributed by atoms with Crippen LogP contribution >= 0.6 is 0 Å². The molecule has 13 heavy (non-hydrogen) atoms. The number of nitrogens with two attached hydrogens (primary N) is 1. The Bertz CT molecular complexity index is 302. The molecular formula is C6H7N3O4. The van der Waals surface area contributed by atoms with Gasteiger partial charge in [0.25, 0.3) is 0 Å². The second kappa shape index (κ2) is 5.47. The number of pyridine rings is 1. The number of hydrogen-bond acceptors (Lipinski definition) is 5. The van der Waals surface area contributed by atoms with Gasteiger partial charge in [0.15, 0.2) is 5.34 Å². The molecule has 0 radical (unpaired) electrons. The van der Waals surface area contributed by atoms with Gasteiger partial charge in [-0.1, -0.05) is 0 Å². The standard InChI is InChI=1S/C6H6N2O2.HNO2/c7-5-3-4(6(9)10)1-2-8-5;2-1-3/h1-3H,(H2,7,8)(H,9,10);(H,2,3). The normalized spacial score (nSPS) is 8.00. The molecule has 1 aromatic heterocycles. The van der Waals surface area contributed by atoms with Gasteiger partial charge in [-0.3, -0.25) is 0 Å². The highest BCUT2D eigenvalue weighted by atomic mass is 16.6. The lowest BCUT2D eigenvalue weighted by Crippen LogP contribution is -1.98. The van der Waals surface area contributed by atoms with Crippen LogP contribution in [-0.4, -0.2) is 21.3 Å². The molecular weight excluding hydrogens is 178 g/mol. The largest absolute Gasteiger partial charge is 0.478 e. The summed E-state index contributed by atoms with van der Waals surface area (Å²) >= 11 is 0. The molecule has 0 amide bonds. The number of anilines is 1. The third-order valence-corrected chi connectivity index (χ3v) is 1.03. The fourth-order valence-corrected chi connectivity index (χ4v) is 0.581. The van der Waals surface area contributed by atoms with Crippen LogP contribution < -0.4 is 5.73 Å². The molecule has 0 saturated carbocycles. The molecule has 7 nitrogen and oxygen atoms in total. The van der Waals surface area contributed by atoms with Gasteiger partial charge in [-0.25, -0.2) is 9.78 Å². The predicted molar refractivity (Wildman–Crippen MR) is 43.2 cm³/mol. The third-order valence-electron chi connectivity index (χ3n) is 1.03. The maximum Gasteiger partial charge on any atom is 0.335 e. The van der Waals surface area contributed by atoms with Crippen molar-refractivity contribution in [2.24, 2.45) is 5.34 Å². The summed E-state index contributed by atoms with van der Waals surface area (Å²) in [5.74, 6) is -0.769. The first-order valence-electron chi connectivity index (χ1n) is 3.03. The molecule has 7 heteroatoms. The molecule has 1 heterocycles. The van der Waals surface area contributed by atoms with Crippen LogP contribution in [0.15, 0.2) is 23.7 Å². The van der Waals surface area contributed by atoms with Gasteiger partial charge in [0, 0.05) is 6.20 Å². The average molecular weight is 185 g/mol. The van der Waals surface area contributed by atoms with Gasteiger partial charge in [0.2, 0.25) is 0 Å². The van der Waals surface area contributed by atoms with E-state index in [0.29, 0.717) is 0 Å². The Labute approximate surface area is 72.8 Å². The van der Waals surface area contributed by atoms with Crippen molar-refractivity contribution in [1.82, 2.24) is 4.98 Å². The van der Waals surface area contributed by atoms with E-state index in [-0.39, 0.29) is 11.4 Å². The van der Waals surface area contributed by atoms with Crippen molar-refractivity contribution in [3.05, 3.63) is 28.8 Å². The van der Waals surface area contributed by atoms with E-state index in [2.05, 4.69) is 4.98 Å². The number of carboxylic acids is 1. The van der Waals surface area contributed by atoms with Crippen molar-refractivity contribution in [1.29, 1.82) is 0 Å². The van der Waals surface area contributed by atoms with E-state index < -0.39 is 5.97 Å². The van der Waals surface area contributed by atoms with Crippen LogP contribution in [0.2, 0.25) is 0 Å². The molecule has 0 fully saturated rings. The minimum atomic E-state index is -0.992. The van der Waals surface area contributed by atoms with E-state index in [1.807, 2.05) is 0 Å². The van der Waals surface area contributed by atoms with Crippen molar-refractivity contribution in [2.75, 3.05) is 5.73 Å². The second-order valence-electron chi connectivity index (χ2n) is 1.86. The van der Waals surface area contributed by atoms with Crippen LogP contribution in [-0.2, 0) is 0 Å². The van der Waals surface area contributed by atoms with Gasteiger partial charge in [0.05, 0.1) is 5.56 Å². The van der Waals surface area contributed by atoms with Gasteiger partial charge < -0.3 is 16.0 Å². The highest BCUT2D eigenvalue weighted by Gasteiger charge is 2.00. The number of carboxylic acid groups (broad SMARTS) is 1. The minimum Gasteiger partial charge on any atom is -0.478 e. The van der Waals surface area contributed by atoms with E-state index >= 15 is 0 Å². The fraction of sp³-hybridized carbons (Fsp3) is 0. The molecule has 0 aliphatic heterocycles. The van der Waals surface area contributed by atoms with Crippen molar-refractivity contribution in [3.63, 3.8) is 0 Å². The van der Waals surface area contributed by atoms with E-state index in [9.17, 15) is 4.79 Å². The highest BCUT2D eigenvalue weighted by molar-refractivity contribution is 5.88. The smallest absolute Gasteiger partial charge is 0.335 e. The third kappa shape index (κ3) is 4.30. The van der Waals surface area contributed by atoms with Gasteiger partial charge in [-0.15, -0.1) is 4.91 Å². The number of nitrogen functional groups attached to an aromatic ring is 1. The number of aromatic carboxylic acids is 1. The van der Waals surface area contributed by atoms with E-state index in [1.54, 1.807) is 0 Å². The van der Waals surface area contributed by atoms with Crippen LogP contribution in [0.3, 0.4) is 0 Å². The molecule has 0 bridgehead atoms. The minimum absolute atomic E-state index is 0.160. The molecule has 0 aromatic carbocycles. The quantitative estimate of drug-likeness (QED) is 0.432. The van der Waals surface area contributed by atoms with Gasteiger partial charge in [-0.05, 0) is 12.1 Å². The Hall–Kier alpha value is -2.18. The number of rotatable bonds is 1. The maximum atomic E-state index is 10.3. The van der Waals surface area contributed by atoms with E-state index in [0.717, 1.165) is 0 Å². The Morgan fingerprint density at radius 2 is 2.15 bits per heavy atom. The average Bonchev–Trinajstić information content (AvgIpc) is 2.05. The molecule has 0 aliphatic rings. The molecule has 4 N–H and O–H groups in total. The van der Waals surface area contributed by atoms with Crippen molar-refractivity contribution in [3.8, 4) is 0 Å². The number of carbonyl (C=O) groups is 1. The monoisotopic (exact) mass is 185 g/mol. The Balaban J connectivity index is 0.000000424. The molecule has 0 aliphatic carbocycles. The molecule has 0 unspecified atom stereocenters. The SMILES string of the molecule is Nc1cc(C(=O)O)ccn1.O=NO. The van der Waals surface area contributed by atoms with Crippen LogP contribution in [0.25, 0.3) is 0 Å². The lowest BCUT2D eigenvalue weighted by Gasteiger charge is -1.92. The van der Waals surface area contributed by atoms with Crippen LogP contribution in [0, 0.1) is 4.91 Å². The van der Waals surface area contributed by atoms with Crippen molar-refractivity contribution >= 4 is 11.8 Å². The first-order valence-corrected chi connectivity index (χ1v) is 3.03. The second-order valence-corrected chi connectivity index (χ2v) is 1.86. The topological polar surface area (TPSA) is 126 Å². The summed E-state index contributed by atoms with van der Waals surface area (Å²) in [7, 11) is 0. The van der Waals surface area contributed by atoms with Gasteiger partial charge >= 0.3 is 5.97 Å². The summed E-state index contributed by atoms with van der Waals surface area (Å²) < 4.78 is 0. The fourth-order valence-electron chi connectivity index (χ4n) is 0.581. The van der Waals surface area contributed by atoms with Crippen LogP contribution in [0.1, 0.15) is 10.4 Å². The van der Waals surface area contributed by atoms with Gasteiger partial charge in [0.1, 0.15) is 5.82 Å². The lowest BCUT2D eigenvalue weighted by atomic mass is 10.3. The van der Waals surface area contributed by atoms with Crippen molar-refractivity contribution < 1.29 is 15.1 Å². The highest BCUT2D eigenvalue weighted by Crippen LogP contribution is 2.01. The first kappa shape index (κ1) is 10.8. The first-order chi connectivity index (χ1) is 6.11.